The molecule has 0 saturated carbocycles. The fourth-order valence-corrected chi connectivity index (χ4v) is 2.52. The number of carbonyl (C=O) groups excluding carboxylic acids is 1. The minimum atomic E-state index is -0.139. The van der Waals surface area contributed by atoms with E-state index in [1.165, 1.54) is 0 Å². The van der Waals surface area contributed by atoms with Gasteiger partial charge in [0.25, 0.3) is 5.91 Å². The van der Waals surface area contributed by atoms with Crippen molar-refractivity contribution in [3.8, 4) is 11.5 Å². The van der Waals surface area contributed by atoms with E-state index < -0.39 is 0 Å². The first-order chi connectivity index (χ1) is 12.0. The van der Waals surface area contributed by atoms with Crippen molar-refractivity contribution >= 4 is 23.6 Å². The van der Waals surface area contributed by atoms with Gasteiger partial charge in [-0.25, -0.2) is 0 Å². The Morgan fingerprint density at radius 3 is 2.64 bits per heavy atom. The van der Waals surface area contributed by atoms with E-state index in [9.17, 15) is 4.79 Å². The monoisotopic (exact) mass is 359 g/mol. The molecule has 0 unspecified atom stereocenters. The molecule has 0 N–H and O–H groups in total. The molecule has 25 heavy (non-hydrogen) atoms. The third kappa shape index (κ3) is 5.26. The van der Waals surface area contributed by atoms with Crippen molar-refractivity contribution in [2.24, 2.45) is 0 Å². The molecular weight excluding hydrogens is 338 g/mol. The molecule has 0 saturated heterocycles. The molecule has 0 radical (unpaired) electrons. The van der Waals surface area contributed by atoms with Crippen LogP contribution in [-0.2, 0) is 11.3 Å². The fraction of sp³-hybridized carbons (Fsp3) is 0.250. The lowest BCUT2D eigenvalue weighted by Gasteiger charge is -2.19. The molecule has 0 aliphatic heterocycles. The van der Waals surface area contributed by atoms with Gasteiger partial charge in [0.05, 0.1) is 7.11 Å². The molecule has 0 heterocycles. The van der Waals surface area contributed by atoms with E-state index in [0.717, 1.165) is 11.1 Å². The van der Waals surface area contributed by atoms with Crippen molar-refractivity contribution in [1.29, 1.82) is 0 Å². The number of nitrogens with zero attached hydrogens (tertiary/aromatic N) is 1. The van der Waals surface area contributed by atoms with E-state index in [-0.39, 0.29) is 12.5 Å². The highest BCUT2D eigenvalue weighted by Crippen LogP contribution is 2.28. The van der Waals surface area contributed by atoms with Crippen LogP contribution in [0.1, 0.15) is 18.1 Å². The third-order valence-electron chi connectivity index (χ3n) is 3.69. The van der Waals surface area contributed by atoms with Crippen molar-refractivity contribution in [2.45, 2.75) is 13.5 Å². The summed E-state index contributed by atoms with van der Waals surface area (Å²) in [5.74, 6) is 0.993. The first kappa shape index (κ1) is 18.9. The van der Waals surface area contributed by atoms with Gasteiger partial charge in [0.15, 0.2) is 18.1 Å². The Kier molecular flexibility index (Phi) is 6.90. The smallest absolute Gasteiger partial charge is 0.260 e. The molecule has 132 valence electrons. The Labute approximate surface area is 153 Å². The molecule has 4 nitrogen and oxygen atoms in total. The Balaban J connectivity index is 1.98. The largest absolute Gasteiger partial charge is 0.493 e. The molecule has 5 heteroatoms. The molecule has 2 aromatic carbocycles. The predicted octanol–water partition coefficient (Wildman–Crippen LogP) is 4.42. The zero-order valence-corrected chi connectivity index (χ0v) is 15.4. The second-order valence-corrected chi connectivity index (χ2v) is 5.95. The second kappa shape index (κ2) is 9.14. The van der Waals surface area contributed by atoms with E-state index >= 15 is 0 Å². The first-order valence-corrected chi connectivity index (χ1v) is 8.34. The number of amides is 1. The van der Waals surface area contributed by atoms with E-state index in [1.807, 2.05) is 55.5 Å². The van der Waals surface area contributed by atoms with E-state index in [0.29, 0.717) is 23.1 Å². The van der Waals surface area contributed by atoms with Crippen LogP contribution < -0.4 is 9.47 Å². The molecule has 2 aromatic rings. The molecule has 2 rings (SSSR count). The van der Waals surface area contributed by atoms with Gasteiger partial charge >= 0.3 is 0 Å². The van der Waals surface area contributed by atoms with Crippen LogP contribution in [0.25, 0.3) is 6.08 Å². The molecule has 0 atom stereocenters. The van der Waals surface area contributed by atoms with Crippen LogP contribution in [0.4, 0.5) is 0 Å². The maximum Gasteiger partial charge on any atom is 0.260 e. The van der Waals surface area contributed by atoms with Crippen molar-refractivity contribution in [3.05, 3.63) is 64.7 Å². The lowest BCUT2D eigenvalue weighted by molar-refractivity contribution is -0.132. The topological polar surface area (TPSA) is 38.8 Å². The normalized spacial score (nSPS) is 10.7. The molecule has 0 aromatic heterocycles. The summed E-state index contributed by atoms with van der Waals surface area (Å²) in [7, 11) is 3.30. The summed E-state index contributed by atoms with van der Waals surface area (Å²) in [6.07, 6.45) is 3.91. The van der Waals surface area contributed by atoms with Gasteiger partial charge in [-0.3, -0.25) is 4.79 Å². The molecule has 1 amide bonds. The van der Waals surface area contributed by atoms with E-state index in [1.54, 1.807) is 25.1 Å². The number of benzene rings is 2. The predicted molar refractivity (Wildman–Crippen MR) is 101 cm³/mol. The molecule has 0 spiro atoms. The van der Waals surface area contributed by atoms with Crippen LogP contribution in [-0.4, -0.2) is 31.6 Å². The van der Waals surface area contributed by atoms with Gasteiger partial charge in [0.2, 0.25) is 0 Å². The van der Waals surface area contributed by atoms with Gasteiger partial charge in [-0.2, -0.15) is 0 Å². The zero-order valence-electron chi connectivity index (χ0n) is 14.7. The van der Waals surface area contributed by atoms with Crippen LogP contribution in [0.15, 0.2) is 48.5 Å². The number of ether oxygens (including phenoxy) is 2. The standard InChI is InChI=1S/C20H22ClNO3/c1-4-7-15-10-11-18(19(12-15)24-3)25-14-20(23)22(2)13-16-8-5-6-9-17(16)21/h4-12H,13-14H2,1-3H3/b7-4+. The summed E-state index contributed by atoms with van der Waals surface area (Å²) in [6, 6.07) is 13.0. The van der Waals surface area contributed by atoms with Gasteiger partial charge in [0, 0.05) is 18.6 Å². The summed E-state index contributed by atoms with van der Waals surface area (Å²) in [5.41, 5.74) is 1.90. The maximum absolute atomic E-state index is 12.3. The average molecular weight is 360 g/mol. The number of methoxy groups -OCH3 is 1. The van der Waals surface area contributed by atoms with Crippen LogP contribution in [0.3, 0.4) is 0 Å². The van der Waals surface area contributed by atoms with Crippen LogP contribution in [0.2, 0.25) is 5.02 Å². The molecule has 0 fully saturated rings. The summed E-state index contributed by atoms with van der Waals surface area (Å²) in [5, 5.41) is 0.643. The van der Waals surface area contributed by atoms with Crippen LogP contribution in [0.5, 0.6) is 11.5 Å². The number of rotatable bonds is 7. The Hall–Kier alpha value is -2.46. The SMILES string of the molecule is C/C=C/c1ccc(OCC(=O)N(C)Cc2ccccc2Cl)c(OC)c1. The highest BCUT2D eigenvalue weighted by atomic mass is 35.5. The van der Waals surface area contributed by atoms with E-state index in [4.69, 9.17) is 21.1 Å². The Morgan fingerprint density at radius 2 is 1.96 bits per heavy atom. The van der Waals surface area contributed by atoms with Crippen molar-refractivity contribution in [2.75, 3.05) is 20.8 Å². The minimum Gasteiger partial charge on any atom is -0.493 e. The lowest BCUT2D eigenvalue weighted by atomic mass is 10.2. The van der Waals surface area contributed by atoms with Gasteiger partial charge < -0.3 is 14.4 Å². The second-order valence-electron chi connectivity index (χ2n) is 5.54. The number of likely N-dealkylation sites (N-methyl/N-ethyl adjacent to an activating group) is 1. The van der Waals surface area contributed by atoms with Gasteiger partial charge in [-0.15, -0.1) is 0 Å². The number of allylic oxidation sites excluding steroid dienone is 1. The minimum absolute atomic E-state index is 0.0692. The Bertz CT molecular complexity index is 758. The summed E-state index contributed by atoms with van der Waals surface area (Å²) in [6.45, 7) is 2.31. The number of hydrogen-bond donors (Lipinski definition) is 0. The zero-order chi connectivity index (χ0) is 18.2. The van der Waals surface area contributed by atoms with Crippen molar-refractivity contribution in [1.82, 2.24) is 4.90 Å². The highest BCUT2D eigenvalue weighted by Gasteiger charge is 2.13. The fourth-order valence-electron chi connectivity index (χ4n) is 2.32. The maximum atomic E-state index is 12.3. The molecule has 0 aliphatic rings. The van der Waals surface area contributed by atoms with Gasteiger partial charge in [0.1, 0.15) is 0 Å². The van der Waals surface area contributed by atoms with Gasteiger partial charge in [-0.05, 0) is 36.2 Å². The lowest BCUT2D eigenvalue weighted by Crippen LogP contribution is -2.31. The number of hydrogen-bond acceptors (Lipinski definition) is 3. The van der Waals surface area contributed by atoms with E-state index in [2.05, 4.69) is 0 Å². The molecule has 0 aliphatic carbocycles. The summed E-state index contributed by atoms with van der Waals surface area (Å²) in [4.78, 5) is 13.9. The Morgan fingerprint density at radius 1 is 1.20 bits per heavy atom. The third-order valence-corrected chi connectivity index (χ3v) is 4.06. The number of halogens is 1. The average Bonchev–Trinajstić information content (AvgIpc) is 2.62. The quantitative estimate of drug-likeness (QED) is 0.734. The first-order valence-electron chi connectivity index (χ1n) is 7.96. The summed E-state index contributed by atoms with van der Waals surface area (Å²) < 4.78 is 11.0. The van der Waals surface area contributed by atoms with Crippen molar-refractivity contribution < 1.29 is 14.3 Å². The van der Waals surface area contributed by atoms with Crippen molar-refractivity contribution in [3.63, 3.8) is 0 Å². The van der Waals surface area contributed by atoms with Gasteiger partial charge in [-0.1, -0.05) is 48.0 Å². The molecular formula is C20H22ClNO3. The summed E-state index contributed by atoms with van der Waals surface area (Å²) >= 11 is 6.13. The highest BCUT2D eigenvalue weighted by molar-refractivity contribution is 6.31. The molecule has 0 bridgehead atoms. The van der Waals surface area contributed by atoms with Crippen LogP contribution in [0, 0.1) is 0 Å². The van der Waals surface area contributed by atoms with Crippen LogP contribution >= 0.6 is 11.6 Å². The number of carbonyl (C=O) groups is 1.